The number of carbonyl (C=O) groups is 1. The second kappa shape index (κ2) is 7.45. The van der Waals surface area contributed by atoms with Crippen LogP contribution >= 0.6 is 11.3 Å². The van der Waals surface area contributed by atoms with Crippen molar-refractivity contribution in [3.63, 3.8) is 0 Å². The molecule has 0 spiro atoms. The number of anilines is 1. The van der Waals surface area contributed by atoms with E-state index in [0.29, 0.717) is 35.4 Å². The third-order valence-electron chi connectivity index (χ3n) is 4.64. The normalized spacial score (nSPS) is 17.0. The van der Waals surface area contributed by atoms with Crippen LogP contribution in [0.15, 0.2) is 41.3 Å². The van der Waals surface area contributed by atoms with E-state index in [-0.39, 0.29) is 11.9 Å². The van der Waals surface area contributed by atoms with Crippen molar-refractivity contribution in [2.75, 3.05) is 25.9 Å². The van der Waals surface area contributed by atoms with Crippen molar-refractivity contribution in [3.8, 4) is 10.8 Å². The van der Waals surface area contributed by atoms with E-state index in [9.17, 15) is 4.79 Å². The highest BCUT2D eigenvalue weighted by molar-refractivity contribution is 7.16. The molecule has 4 heterocycles. The minimum Gasteiger partial charge on any atom is -0.462 e. The molecule has 1 aliphatic rings. The number of nitrogens with zero attached hydrogens (tertiary/aromatic N) is 5. The minimum absolute atomic E-state index is 0.0152. The van der Waals surface area contributed by atoms with Crippen LogP contribution in [-0.2, 0) is 6.54 Å². The molecule has 140 valence electrons. The quantitative estimate of drug-likeness (QED) is 0.719. The van der Waals surface area contributed by atoms with Gasteiger partial charge in [-0.15, -0.1) is 11.3 Å². The number of nitrogens with two attached hydrogens (primary N) is 1. The molecular formula is C18H20N6O2S. The van der Waals surface area contributed by atoms with Crippen molar-refractivity contribution in [2.24, 2.45) is 0 Å². The van der Waals surface area contributed by atoms with E-state index in [1.165, 1.54) is 11.3 Å². The van der Waals surface area contributed by atoms with Crippen LogP contribution in [0.5, 0.6) is 0 Å². The first kappa shape index (κ1) is 17.6. The number of aromatic nitrogens is 3. The highest BCUT2D eigenvalue weighted by Crippen LogP contribution is 2.27. The molecule has 0 aromatic carbocycles. The van der Waals surface area contributed by atoms with E-state index in [1.54, 1.807) is 24.7 Å². The molecule has 0 radical (unpaired) electrons. The number of nitrogen functional groups attached to an aromatic ring is 1. The Bertz CT molecular complexity index is 926. The van der Waals surface area contributed by atoms with Crippen LogP contribution < -0.4 is 5.73 Å². The van der Waals surface area contributed by atoms with Gasteiger partial charge in [-0.1, -0.05) is 0 Å². The summed E-state index contributed by atoms with van der Waals surface area (Å²) in [5, 5.41) is 0.718. The van der Waals surface area contributed by atoms with Crippen LogP contribution in [0.25, 0.3) is 10.8 Å². The first-order chi connectivity index (χ1) is 13.1. The van der Waals surface area contributed by atoms with Crippen molar-refractivity contribution < 1.29 is 9.21 Å². The number of rotatable bonds is 5. The number of likely N-dealkylation sites (tertiary alicyclic amines) is 1. The van der Waals surface area contributed by atoms with Crippen LogP contribution in [0.3, 0.4) is 0 Å². The number of furan rings is 1. The van der Waals surface area contributed by atoms with Gasteiger partial charge in [0.05, 0.1) is 19.0 Å². The molecule has 0 bridgehead atoms. The lowest BCUT2D eigenvalue weighted by molar-refractivity contribution is 0.0784. The maximum Gasteiger partial charge on any atom is 0.265 e. The van der Waals surface area contributed by atoms with Gasteiger partial charge in [0.2, 0.25) is 0 Å². The van der Waals surface area contributed by atoms with Crippen LogP contribution in [0, 0.1) is 0 Å². The average molecular weight is 384 g/mol. The van der Waals surface area contributed by atoms with Crippen molar-refractivity contribution in [3.05, 3.63) is 47.6 Å². The van der Waals surface area contributed by atoms with Gasteiger partial charge in [0, 0.05) is 25.3 Å². The fourth-order valence-corrected chi connectivity index (χ4v) is 4.02. The fourth-order valence-electron chi connectivity index (χ4n) is 3.17. The third kappa shape index (κ3) is 3.83. The molecule has 0 unspecified atom stereocenters. The van der Waals surface area contributed by atoms with Crippen molar-refractivity contribution >= 4 is 23.1 Å². The molecule has 1 atom stereocenters. The van der Waals surface area contributed by atoms with Gasteiger partial charge >= 0.3 is 0 Å². The lowest BCUT2D eigenvalue weighted by Crippen LogP contribution is -2.36. The summed E-state index contributed by atoms with van der Waals surface area (Å²) in [5.74, 6) is 1.85. The Morgan fingerprint density at radius 3 is 3.11 bits per heavy atom. The van der Waals surface area contributed by atoms with Gasteiger partial charge in [0.1, 0.15) is 16.5 Å². The predicted molar refractivity (Wildman–Crippen MR) is 102 cm³/mol. The van der Waals surface area contributed by atoms with E-state index in [0.717, 1.165) is 18.0 Å². The predicted octanol–water partition coefficient (Wildman–Crippen LogP) is 2.12. The number of amides is 1. The van der Waals surface area contributed by atoms with E-state index in [4.69, 9.17) is 10.2 Å². The number of thiazole rings is 1. The smallest absolute Gasteiger partial charge is 0.265 e. The Balaban J connectivity index is 1.38. The number of hydrogen-bond donors (Lipinski definition) is 1. The molecule has 1 saturated heterocycles. The highest BCUT2D eigenvalue weighted by atomic mass is 32.1. The molecule has 3 aromatic rings. The topological polar surface area (TPSA) is 101 Å². The Hall–Kier alpha value is -2.78. The summed E-state index contributed by atoms with van der Waals surface area (Å²) in [6.07, 6.45) is 5.80. The molecule has 3 aromatic heterocycles. The van der Waals surface area contributed by atoms with Crippen molar-refractivity contribution in [2.45, 2.75) is 19.0 Å². The molecule has 0 saturated carbocycles. The maximum atomic E-state index is 12.8. The molecule has 9 heteroatoms. The van der Waals surface area contributed by atoms with Crippen LogP contribution in [0.4, 0.5) is 5.82 Å². The average Bonchev–Trinajstić information content (AvgIpc) is 3.41. The SMILES string of the molecule is CN(Cc1nccc(N)n1)[C@@H]1CCN(C(=O)c2cnc(-c3ccco3)s2)C1. The number of carbonyl (C=O) groups excluding carboxylic acids is 1. The van der Waals surface area contributed by atoms with Gasteiger partial charge < -0.3 is 15.1 Å². The lowest BCUT2D eigenvalue weighted by atomic mass is 10.2. The van der Waals surface area contributed by atoms with Gasteiger partial charge in [-0.3, -0.25) is 9.69 Å². The Morgan fingerprint density at radius 2 is 2.33 bits per heavy atom. The highest BCUT2D eigenvalue weighted by Gasteiger charge is 2.30. The van der Waals surface area contributed by atoms with E-state index >= 15 is 0 Å². The summed E-state index contributed by atoms with van der Waals surface area (Å²) < 4.78 is 5.35. The van der Waals surface area contributed by atoms with Gasteiger partial charge in [-0.25, -0.2) is 15.0 Å². The molecule has 2 N–H and O–H groups in total. The molecule has 1 fully saturated rings. The summed E-state index contributed by atoms with van der Waals surface area (Å²) >= 11 is 1.36. The molecule has 4 rings (SSSR count). The summed E-state index contributed by atoms with van der Waals surface area (Å²) in [6, 6.07) is 5.58. The summed E-state index contributed by atoms with van der Waals surface area (Å²) in [6.45, 7) is 1.99. The fraction of sp³-hybridized carbons (Fsp3) is 0.333. The number of likely N-dealkylation sites (N-methyl/N-ethyl adjacent to an activating group) is 1. The zero-order valence-electron chi connectivity index (χ0n) is 14.9. The van der Waals surface area contributed by atoms with E-state index in [1.807, 2.05) is 24.1 Å². The van der Waals surface area contributed by atoms with Gasteiger partial charge in [-0.05, 0) is 31.7 Å². The van der Waals surface area contributed by atoms with Crippen LogP contribution in [0.2, 0.25) is 0 Å². The minimum atomic E-state index is 0.0152. The molecule has 27 heavy (non-hydrogen) atoms. The molecular weight excluding hydrogens is 364 g/mol. The van der Waals surface area contributed by atoms with Gasteiger partial charge in [-0.2, -0.15) is 0 Å². The second-order valence-corrected chi connectivity index (χ2v) is 7.54. The first-order valence-corrected chi connectivity index (χ1v) is 9.48. The number of hydrogen-bond acceptors (Lipinski definition) is 8. The second-order valence-electron chi connectivity index (χ2n) is 6.51. The Labute approximate surface area is 160 Å². The Kier molecular flexibility index (Phi) is 4.87. The molecule has 0 aliphatic carbocycles. The molecule has 1 amide bonds. The lowest BCUT2D eigenvalue weighted by Gasteiger charge is -2.23. The molecule has 8 nitrogen and oxygen atoms in total. The first-order valence-electron chi connectivity index (χ1n) is 8.67. The zero-order valence-corrected chi connectivity index (χ0v) is 15.7. The van der Waals surface area contributed by atoms with E-state index in [2.05, 4.69) is 19.9 Å². The van der Waals surface area contributed by atoms with Gasteiger partial charge in [0.25, 0.3) is 5.91 Å². The van der Waals surface area contributed by atoms with Crippen molar-refractivity contribution in [1.29, 1.82) is 0 Å². The van der Waals surface area contributed by atoms with E-state index < -0.39 is 0 Å². The third-order valence-corrected chi connectivity index (χ3v) is 5.64. The Morgan fingerprint density at radius 1 is 1.44 bits per heavy atom. The van der Waals surface area contributed by atoms with Crippen LogP contribution in [-0.4, -0.2) is 56.8 Å². The monoisotopic (exact) mass is 384 g/mol. The molecule has 1 aliphatic heterocycles. The van der Waals surface area contributed by atoms with Crippen molar-refractivity contribution in [1.82, 2.24) is 24.8 Å². The van der Waals surface area contributed by atoms with Crippen LogP contribution in [0.1, 0.15) is 21.9 Å². The summed E-state index contributed by atoms with van der Waals surface area (Å²) in [5.41, 5.74) is 5.72. The summed E-state index contributed by atoms with van der Waals surface area (Å²) in [4.78, 5) is 30.3. The summed E-state index contributed by atoms with van der Waals surface area (Å²) in [7, 11) is 2.02. The standard InChI is InChI=1S/C18H20N6O2S/c1-23(11-16-20-6-4-15(19)22-16)12-5-7-24(10-12)18(25)14-9-21-17(27-14)13-3-2-8-26-13/h2-4,6,8-9,12H,5,7,10-11H2,1H3,(H2,19,20,22)/t12-/m1/s1. The largest absolute Gasteiger partial charge is 0.462 e. The maximum absolute atomic E-state index is 12.8. The van der Waals surface area contributed by atoms with Gasteiger partial charge in [0.15, 0.2) is 10.8 Å². The zero-order chi connectivity index (χ0) is 18.8.